The van der Waals surface area contributed by atoms with Gasteiger partial charge in [0, 0.05) is 5.38 Å². The van der Waals surface area contributed by atoms with Gasteiger partial charge < -0.3 is 9.73 Å². The minimum atomic E-state index is -0.328. The van der Waals surface area contributed by atoms with E-state index in [1.807, 2.05) is 41.8 Å². The van der Waals surface area contributed by atoms with Crippen molar-refractivity contribution in [1.82, 2.24) is 25.1 Å². The number of nitrogens with one attached hydrogen (secondary N) is 1. The first-order chi connectivity index (χ1) is 17.1. The number of halogens is 1. The van der Waals surface area contributed by atoms with E-state index in [0.717, 1.165) is 10.6 Å². The Labute approximate surface area is 209 Å². The molecule has 1 N–H and O–H groups in total. The highest BCUT2D eigenvalue weighted by molar-refractivity contribution is 7.98. The Morgan fingerprint density at radius 1 is 1.11 bits per heavy atom. The maximum atomic E-state index is 13.5. The molecule has 0 aliphatic carbocycles. The van der Waals surface area contributed by atoms with Gasteiger partial charge in [-0.2, -0.15) is 0 Å². The van der Waals surface area contributed by atoms with E-state index in [-0.39, 0.29) is 17.8 Å². The van der Waals surface area contributed by atoms with Crippen LogP contribution in [-0.4, -0.2) is 25.7 Å². The van der Waals surface area contributed by atoms with Crippen molar-refractivity contribution < 1.29 is 13.6 Å². The summed E-state index contributed by atoms with van der Waals surface area (Å²) >= 11 is 2.83. The summed E-state index contributed by atoms with van der Waals surface area (Å²) in [5.41, 5.74) is 2.11. The highest BCUT2D eigenvalue weighted by Crippen LogP contribution is 2.30. The zero-order chi connectivity index (χ0) is 24.2. The fraction of sp³-hybridized carbons (Fsp3) is 0.120. The van der Waals surface area contributed by atoms with Gasteiger partial charge in [0.1, 0.15) is 16.5 Å². The summed E-state index contributed by atoms with van der Waals surface area (Å²) < 4.78 is 20.8. The molecular weight excluding hydrogens is 485 g/mol. The number of nitrogens with zero attached hydrogens (tertiary/aromatic N) is 4. The number of hydrogen-bond acceptors (Lipinski definition) is 7. The molecule has 1 atom stereocenters. The van der Waals surface area contributed by atoms with Crippen molar-refractivity contribution in [2.24, 2.45) is 0 Å². The Kier molecular flexibility index (Phi) is 6.73. The number of amides is 1. The number of benzene rings is 2. The summed E-state index contributed by atoms with van der Waals surface area (Å²) in [6.45, 7) is 1.94. The Balaban J connectivity index is 1.31. The number of carbonyl (C=O) groups is 1. The third-order valence-corrected chi connectivity index (χ3v) is 7.19. The Morgan fingerprint density at radius 2 is 1.91 bits per heavy atom. The SMILES string of the molecule is CC(NC(=O)c1csc(CSc2nnc(-c3ccco3)n2-c2ccc(F)cc2)n1)c1ccccc1. The molecule has 3 heterocycles. The molecule has 0 spiro atoms. The molecule has 2 aromatic carbocycles. The number of furan rings is 1. The van der Waals surface area contributed by atoms with Crippen molar-refractivity contribution >= 4 is 29.0 Å². The average molecular weight is 506 g/mol. The minimum Gasteiger partial charge on any atom is -0.461 e. The molecule has 10 heteroatoms. The van der Waals surface area contributed by atoms with E-state index in [1.54, 1.807) is 35.9 Å². The topological polar surface area (TPSA) is 85.8 Å². The van der Waals surface area contributed by atoms with Crippen molar-refractivity contribution in [1.29, 1.82) is 0 Å². The van der Waals surface area contributed by atoms with E-state index in [0.29, 0.717) is 33.9 Å². The van der Waals surface area contributed by atoms with Crippen molar-refractivity contribution in [3.63, 3.8) is 0 Å². The molecule has 0 fully saturated rings. The average Bonchev–Trinajstić information content (AvgIpc) is 3.64. The van der Waals surface area contributed by atoms with Crippen molar-refractivity contribution in [2.45, 2.75) is 23.9 Å². The molecule has 176 valence electrons. The lowest BCUT2D eigenvalue weighted by molar-refractivity contribution is 0.0935. The van der Waals surface area contributed by atoms with Gasteiger partial charge in [0.15, 0.2) is 10.9 Å². The lowest BCUT2D eigenvalue weighted by atomic mass is 10.1. The van der Waals surface area contributed by atoms with Crippen LogP contribution in [0.5, 0.6) is 0 Å². The lowest BCUT2D eigenvalue weighted by Crippen LogP contribution is -2.26. The van der Waals surface area contributed by atoms with Crippen LogP contribution in [0, 0.1) is 5.82 Å². The number of carbonyl (C=O) groups excluding carboxylic acids is 1. The van der Waals surface area contributed by atoms with Gasteiger partial charge in [0.2, 0.25) is 5.82 Å². The molecule has 0 aliphatic heterocycles. The van der Waals surface area contributed by atoms with Crippen LogP contribution in [0.25, 0.3) is 17.3 Å². The Hall–Kier alpha value is -3.76. The molecule has 0 saturated carbocycles. The molecule has 3 aromatic heterocycles. The van der Waals surface area contributed by atoms with Crippen LogP contribution < -0.4 is 5.32 Å². The second-order valence-corrected chi connectivity index (χ2v) is 9.50. The summed E-state index contributed by atoms with van der Waals surface area (Å²) in [6, 6.07) is 19.3. The monoisotopic (exact) mass is 505 g/mol. The van der Waals surface area contributed by atoms with E-state index in [9.17, 15) is 9.18 Å². The summed E-state index contributed by atoms with van der Waals surface area (Å²) in [5, 5.41) is 14.7. The first-order valence-corrected chi connectivity index (χ1v) is 12.6. The number of thioether (sulfide) groups is 1. The lowest BCUT2D eigenvalue weighted by Gasteiger charge is -2.13. The quantitative estimate of drug-likeness (QED) is 0.264. The fourth-order valence-corrected chi connectivity index (χ4v) is 5.20. The third-order valence-electron chi connectivity index (χ3n) is 5.22. The summed E-state index contributed by atoms with van der Waals surface area (Å²) in [5.74, 6) is 1.01. The van der Waals surface area contributed by atoms with Gasteiger partial charge in [0.25, 0.3) is 5.91 Å². The van der Waals surface area contributed by atoms with E-state index < -0.39 is 0 Å². The van der Waals surface area contributed by atoms with E-state index in [1.165, 1.54) is 35.2 Å². The van der Waals surface area contributed by atoms with E-state index in [4.69, 9.17) is 4.42 Å². The second kappa shape index (κ2) is 10.2. The molecule has 0 bridgehead atoms. The predicted octanol–water partition coefficient (Wildman–Crippen LogP) is 5.91. The molecule has 5 aromatic rings. The van der Waals surface area contributed by atoms with Crippen LogP contribution in [-0.2, 0) is 5.75 Å². The molecule has 1 unspecified atom stereocenters. The van der Waals surface area contributed by atoms with Crippen LogP contribution in [0.2, 0.25) is 0 Å². The first-order valence-electron chi connectivity index (χ1n) is 10.8. The van der Waals surface area contributed by atoms with Crippen molar-refractivity contribution in [3.05, 3.63) is 100 Å². The molecule has 0 saturated heterocycles. The predicted molar refractivity (Wildman–Crippen MR) is 133 cm³/mol. The number of aromatic nitrogens is 4. The van der Waals surface area contributed by atoms with Gasteiger partial charge in [-0.3, -0.25) is 9.36 Å². The molecule has 35 heavy (non-hydrogen) atoms. The summed E-state index contributed by atoms with van der Waals surface area (Å²) in [6.07, 6.45) is 1.56. The maximum absolute atomic E-state index is 13.5. The molecular formula is C25H20FN5O2S2. The fourth-order valence-electron chi connectivity index (χ4n) is 3.46. The number of rotatable bonds is 8. The smallest absolute Gasteiger partial charge is 0.271 e. The van der Waals surface area contributed by atoms with Crippen LogP contribution in [0.3, 0.4) is 0 Å². The molecule has 5 rings (SSSR count). The van der Waals surface area contributed by atoms with Crippen LogP contribution >= 0.6 is 23.1 Å². The van der Waals surface area contributed by atoms with Gasteiger partial charge in [-0.15, -0.1) is 21.5 Å². The van der Waals surface area contributed by atoms with Crippen LogP contribution in [0.15, 0.2) is 87.9 Å². The Bertz CT molecular complexity index is 1420. The summed E-state index contributed by atoms with van der Waals surface area (Å²) in [4.78, 5) is 17.2. The number of hydrogen-bond donors (Lipinski definition) is 1. The summed E-state index contributed by atoms with van der Waals surface area (Å²) in [7, 11) is 0. The molecule has 0 radical (unpaired) electrons. The standard InChI is InChI=1S/C25H20FN5O2S2/c1-16(17-6-3-2-4-7-17)27-24(32)20-14-34-22(28-20)15-35-25-30-29-23(21-8-5-13-33-21)31(25)19-11-9-18(26)10-12-19/h2-14,16H,15H2,1H3,(H,27,32). The minimum absolute atomic E-state index is 0.127. The molecule has 7 nitrogen and oxygen atoms in total. The highest BCUT2D eigenvalue weighted by atomic mass is 32.2. The third kappa shape index (κ3) is 5.18. The van der Waals surface area contributed by atoms with Gasteiger partial charge in [0.05, 0.1) is 23.7 Å². The highest BCUT2D eigenvalue weighted by Gasteiger charge is 2.19. The van der Waals surface area contributed by atoms with Crippen molar-refractivity contribution in [2.75, 3.05) is 0 Å². The van der Waals surface area contributed by atoms with Gasteiger partial charge in [-0.25, -0.2) is 9.37 Å². The van der Waals surface area contributed by atoms with Gasteiger partial charge in [-0.1, -0.05) is 42.1 Å². The van der Waals surface area contributed by atoms with Gasteiger partial charge in [-0.05, 0) is 48.9 Å². The van der Waals surface area contributed by atoms with Crippen molar-refractivity contribution in [3.8, 4) is 17.3 Å². The van der Waals surface area contributed by atoms with Gasteiger partial charge >= 0.3 is 0 Å². The molecule has 1 amide bonds. The normalized spacial score (nSPS) is 11.9. The maximum Gasteiger partial charge on any atom is 0.271 e. The van der Waals surface area contributed by atoms with E-state index in [2.05, 4.69) is 20.5 Å². The largest absolute Gasteiger partial charge is 0.461 e. The van der Waals surface area contributed by atoms with Crippen LogP contribution in [0.1, 0.15) is 34.0 Å². The second-order valence-electron chi connectivity index (χ2n) is 7.62. The van der Waals surface area contributed by atoms with Crippen LogP contribution in [0.4, 0.5) is 4.39 Å². The number of thiazole rings is 1. The zero-order valence-electron chi connectivity index (χ0n) is 18.6. The first kappa shape index (κ1) is 23.0. The Morgan fingerprint density at radius 3 is 2.66 bits per heavy atom. The molecule has 0 aliphatic rings. The zero-order valence-corrected chi connectivity index (χ0v) is 20.2. The van der Waals surface area contributed by atoms with E-state index >= 15 is 0 Å².